The molecule has 2 heteroatoms. The fourth-order valence-electron chi connectivity index (χ4n) is 3.24. The molecular formula is C19H24N2. The summed E-state index contributed by atoms with van der Waals surface area (Å²) in [7, 11) is 0. The van der Waals surface area contributed by atoms with Gasteiger partial charge in [-0.2, -0.15) is 0 Å². The average Bonchev–Trinajstić information content (AvgIpc) is 2.48. The molecular weight excluding hydrogens is 256 g/mol. The lowest BCUT2D eigenvalue weighted by Crippen LogP contribution is -2.28. The third-order valence-electron chi connectivity index (χ3n) is 4.39. The number of rotatable bonds is 6. The third-order valence-corrected chi connectivity index (χ3v) is 4.39. The first-order valence-corrected chi connectivity index (χ1v) is 8.02. The van der Waals surface area contributed by atoms with E-state index in [1.54, 1.807) is 0 Å². The predicted molar refractivity (Wildman–Crippen MR) is 87.5 cm³/mol. The van der Waals surface area contributed by atoms with Crippen molar-refractivity contribution in [2.45, 2.75) is 45.1 Å². The topological polar surface area (TPSA) is 24.9 Å². The van der Waals surface area contributed by atoms with Gasteiger partial charge < -0.3 is 5.32 Å². The molecule has 0 saturated heterocycles. The smallest absolute Gasteiger partial charge is 0.0576 e. The average molecular weight is 280 g/mol. The number of aryl methyl sites for hydroxylation is 1. The fourth-order valence-corrected chi connectivity index (χ4v) is 3.24. The van der Waals surface area contributed by atoms with Crippen LogP contribution in [0.5, 0.6) is 0 Å². The molecule has 0 amide bonds. The van der Waals surface area contributed by atoms with Crippen molar-refractivity contribution in [3.63, 3.8) is 0 Å². The Hall–Kier alpha value is -1.67. The largest absolute Gasteiger partial charge is 0.309 e. The summed E-state index contributed by atoms with van der Waals surface area (Å²) in [5.41, 5.74) is 5.35. The highest BCUT2D eigenvalue weighted by molar-refractivity contribution is 5.40. The van der Waals surface area contributed by atoms with E-state index >= 15 is 0 Å². The van der Waals surface area contributed by atoms with Gasteiger partial charge in [0.25, 0.3) is 0 Å². The summed E-state index contributed by atoms with van der Waals surface area (Å²) in [4.78, 5) is 4.73. The van der Waals surface area contributed by atoms with E-state index in [0.717, 1.165) is 25.1 Å². The zero-order valence-corrected chi connectivity index (χ0v) is 13.0. The molecule has 2 atom stereocenters. The van der Waals surface area contributed by atoms with E-state index < -0.39 is 0 Å². The molecule has 2 nitrogen and oxygen atoms in total. The zero-order valence-electron chi connectivity index (χ0n) is 13.0. The van der Waals surface area contributed by atoms with Gasteiger partial charge in [-0.1, -0.05) is 37.3 Å². The molecule has 3 rings (SSSR count). The molecule has 2 unspecified atom stereocenters. The second kappa shape index (κ2) is 6.40. The molecule has 0 fully saturated rings. The van der Waals surface area contributed by atoms with Gasteiger partial charge in [-0.25, -0.2) is 0 Å². The van der Waals surface area contributed by atoms with Gasteiger partial charge in [0.1, 0.15) is 0 Å². The highest BCUT2D eigenvalue weighted by atomic mass is 14.9. The van der Waals surface area contributed by atoms with E-state index in [1.807, 2.05) is 0 Å². The lowest BCUT2D eigenvalue weighted by Gasteiger charge is -2.33. The first-order valence-electron chi connectivity index (χ1n) is 8.02. The highest BCUT2D eigenvalue weighted by Gasteiger charge is 2.28. The second-order valence-electron chi connectivity index (χ2n) is 6.05. The number of nitrogens with one attached hydrogen (secondary N) is 1. The summed E-state index contributed by atoms with van der Waals surface area (Å²) in [6.45, 7) is 5.33. The number of aromatic nitrogens is 1. The molecule has 1 aliphatic carbocycles. The summed E-state index contributed by atoms with van der Waals surface area (Å²) in [6.07, 6.45) is 3.52. The minimum atomic E-state index is 0.364. The van der Waals surface area contributed by atoms with Crippen LogP contribution in [-0.4, -0.2) is 11.5 Å². The third kappa shape index (κ3) is 3.16. The first-order chi connectivity index (χ1) is 10.3. The van der Waals surface area contributed by atoms with Gasteiger partial charge in [0.2, 0.25) is 0 Å². The monoisotopic (exact) mass is 280 g/mol. The summed E-state index contributed by atoms with van der Waals surface area (Å²) < 4.78 is 0. The maximum atomic E-state index is 4.73. The normalized spacial score (nSPS) is 17.9. The number of fused-ring (bicyclic) bond motifs is 1. The van der Waals surface area contributed by atoms with Crippen LogP contribution in [0.4, 0.5) is 0 Å². The molecule has 1 aromatic carbocycles. The van der Waals surface area contributed by atoms with Gasteiger partial charge in [0, 0.05) is 5.69 Å². The molecule has 0 bridgehead atoms. The van der Waals surface area contributed by atoms with E-state index in [9.17, 15) is 0 Å². The number of hydrogen-bond donors (Lipinski definition) is 1. The SMILES string of the molecule is CCCNC(CC1Cc2ccccc21)c1cccc(C)n1. The van der Waals surface area contributed by atoms with Gasteiger partial charge in [-0.05, 0) is 61.9 Å². The van der Waals surface area contributed by atoms with Gasteiger partial charge in [-0.15, -0.1) is 0 Å². The molecule has 1 aromatic heterocycles. The molecule has 0 radical (unpaired) electrons. The van der Waals surface area contributed by atoms with Crippen molar-refractivity contribution >= 4 is 0 Å². The van der Waals surface area contributed by atoms with E-state index in [4.69, 9.17) is 4.98 Å². The van der Waals surface area contributed by atoms with Gasteiger partial charge in [0.05, 0.1) is 11.7 Å². The molecule has 0 aliphatic heterocycles. The number of pyridine rings is 1. The molecule has 0 spiro atoms. The van der Waals surface area contributed by atoms with Crippen molar-refractivity contribution < 1.29 is 0 Å². The Bertz CT molecular complexity index is 606. The second-order valence-corrected chi connectivity index (χ2v) is 6.05. The van der Waals surface area contributed by atoms with Crippen LogP contribution < -0.4 is 5.32 Å². The minimum absolute atomic E-state index is 0.364. The molecule has 1 aliphatic rings. The molecule has 110 valence electrons. The van der Waals surface area contributed by atoms with Crippen LogP contribution in [0, 0.1) is 6.92 Å². The van der Waals surface area contributed by atoms with E-state index in [0.29, 0.717) is 12.0 Å². The molecule has 1 N–H and O–H groups in total. The lowest BCUT2D eigenvalue weighted by atomic mass is 9.74. The fraction of sp³-hybridized carbons (Fsp3) is 0.421. The maximum absolute atomic E-state index is 4.73. The van der Waals surface area contributed by atoms with Crippen molar-refractivity contribution in [2.75, 3.05) is 6.54 Å². The zero-order chi connectivity index (χ0) is 14.7. The van der Waals surface area contributed by atoms with Crippen molar-refractivity contribution in [1.82, 2.24) is 10.3 Å². The van der Waals surface area contributed by atoms with Crippen LogP contribution in [-0.2, 0) is 6.42 Å². The van der Waals surface area contributed by atoms with Crippen LogP contribution >= 0.6 is 0 Å². The van der Waals surface area contributed by atoms with Crippen molar-refractivity contribution in [3.8, 4) is 0 Å². The minimum Gasteiger partial charge on any atom is -0.309 e. The lowest BCUT2D eigenvalue weighted by molar-refractivity contribution is 0.421. The van der Waals surface area contributed by atoms with E-state index in [2.05, 4.69) is 61.6 Å². The first kappa shape index (κ1) is 14.3. The Labute approximate surface area is 127 Å². The summed E-state index contributed by atoms with van der Waals surface area (Å²) in [6, 6.07) is 15.5. The summed E-state index contributed by atoms with van der Waals surface area (Å²) >= 11 is 0. The highest BCUT2D eigenvalue weighted by Crippen LogP contribution is 2.40. The van der Waals surface area contributed by atoms with E-state index in [1.165, 1.54) is 23.2 Å². The summed E-state index contributed by atoms with van der Waals surface area (Å²) in [5.74, 6) is 0.679. The van der Waals surface area contributed by atoms with Crippen LogP contribution in [0.2, 0.25) is 0 Å². The quantitative estimate of drug-likeness (QED) is 0.859. The van der Waals surface area contributed by atoms with Crippen LogP contribution in [0.1, 0.15) is 54.2 Å². The van der Waals surface area contributed by atoms with Gasteiger partial charge in [-0.3, -0.25) is 4.98 Å². The van der Waals surface area contributed by atoms with Crippen molar-refractivity contribution in [2.24, 2.45) is 0 Å². The van der Waals surface area contributed by atoms with E-state index in [-0.39, 0.29) is 0 Å². The molecule has 1 heterocycles. The Kier molecular flexibility index (Phi) is 4.35. The van der Waals surface area contributed by atoms with Crippen LogP contribution in [0.25, 0.3) is 0 Å². The van der Waals surface area contributed by atoms with Crippen molar-refractivity contribution in [1.29, 1.82) is 0 Å². The Morgan fingerprint density at radius 2 is 2.05 bits per heavy atom. The van der Waals surface area contributed by atoms with Gasteiger partial charge >= 0.3 is 0 Å². The van der Waals surface area contributed by atoms with Crippen LogP contribution in [0.15, 0.2) is 42.5 Å². The maximum Gasteiger partial charge on any atom is 0.0576 e. The number of benzene rings is 1. The Balaban J connectivity index is 1.75. The predicted octanol–water partition coefficient (Wildman–Crippen LogP) is 4.16. The Morgan fingerprint density at radius 1 is 1.19 bits per heavy atom. The standard InChI is InChI=1S/C19H24N2/c1-3-11-20-19(18-10-6-7-14(2)21-18)13-16-12-15-8-4-5-9-17(15)16/h4-10,16,19-20H,3,11-13H2,1-2H3. The number of hydrogen-bond acceptors (Lipinski definition) is 2. The molecule has 21 heavy (non-hydrogen) atoms. The van der Waals surface area contributed by atoms with Crippen LogP contribution in [0.3, 0.4) is 0 Å². The van der Waals surface area contributed by atoms with Crippen molar-refractivity contribution in [3.05, 3.63) is 65.0 Å². The Morgan fingerprint density at radius 3 is 2.81 bits per heavy atom. The molecule has 2 aromatic rings. The number of nitrogens with zero attached hydrogens (tertiary/aromatic N) is 1. The summed E-state index contributed by atoms with van der Waals surface area (Å²) in [5, 5.41) is 3.68. The molecule has 0 saturated carbocycles. The van der Waals surface area contributed by atoms with Gasteiger partial charge in [0.15, 0.2) is 0 Å².